The molecule has 2 aromatic carbocycles. The van der Waals surface area contributed by atoms with Gasteiger partial charge in [-0.2, -0.15) is 0 Å². The van der Waals surface area contributed by atoms with Gasteiger partial charge in [0.25, 0.3) is 5.91 Å². The number of urea groups is 1. The van der Waals surface area contributed by atoms with E-state index in [1.165, 1.54) is 18.1 Å². The van der Waals surface area contributed by atoms with E-state index in [0.29, 0.717) is 16.3 Å². The van der Waals surface area contributed by atoms with E-state index in [-0.39, 0.29) is 12.6 Å². The maximum Gasteiger partial charge on any atom is 0.334 e. The molecule has 27 heavy (non-hydrogen) atoms. The fraction of sp³-hybridized carbons (Fsp3) is 0.263. The number of hydrogen-bond donors (Lipinski definition) is 1. The maximum atomic E-state index is 12.8. The first-order valence-corrected chi connectivity index (χ1v) is 9.41. The van der Waals surface area contributed by atoms with Crippen molar-refractivity contribution in [3.8, 4) is 5.75 Å². The molecule has 2 aromatic rings. The fourth-order valence-corrected chi connectivity index (χ4v) is 2.86. The van der Waals surface area contributed by atoms with Gasteiger partial charge in [0.15, 0.2) is 0 Å². The van der Waals surface area contributed by atoms with Crippen LogP contribution < -0.4 is 10.5 Å². The number of benzene rings is 2. The van der Waals surface area contributed by atoms with Crippen LogP contribution in [0.3, 0.4) is 0 Å². The van der Waals surface area contributed by atoms with Crippen molar-refractivity contribution in [2.75, 3.05) is 7.05 Å². The second-order valence-electron chi connectivity index (χ2n) is 6.16. The minimum atomic E-state index is -0.736. The molecule has 6 nitrogen and oxygen atoms in total. The number of hydrazine groups is 1. The number of carbonyl (C=O) groups is 2. The zero-order chi connectivity index (χ0) is 20.1. The van der Waals surface area contributed by atoms with Crippen LogP contribution >= 0.6 is 27.5 Å². The van der Waals surface area contributed by atoms with Gasteiger partial charge in [0.05, 0.1) is 17.7 Å². The third kappa shape index (κ3) is 5.61. The largest absolute Gasteiger partial charge is 0.489 e. The van der Waals surface area contributed by atoms with Gasteiger partial charge in [-0.05, 0) is 49.7 Å². The molecule has 0 fully saturated rings. The van der Waals surface area contributed by atoms with Crippen molar-refractivity contribution >= 4 is 39.5 Å². The molecule has 0 saturated heterocycles. The van der Waals surface area contributed by atoms with Crippen LogP contribution in [0.5, 0.6) is 5.75 Å². The average molecular weight is 455 g/mol. The quantitative estimate of drug-likeness (QED) is 0.678. The van der Waals surface area contributed by atoms with Gasteiger partial charge in [0.1, 0.15) is 5.75 Å². The summed E-state index contributed by atoms with van der Waals surface area (Å²) in [5, 5.41) is 2.67. The minimum absolute atomic E-state index is 0.0389. The highest BCUT2D eigenvalue weighted by Crippen LogP contribution is 2.27. The highest BCUT2D eigenvalue weighted by Gasteiger charge is 2.23. The van der Waals surface area contributed by atoms with Crippen LogP contribution in [0, 0.1) is 0 Å². The number of hydrogen-bond acceptors (Lipinski definition) is 3. The number of amides is 3. The number of halogens is 2. The molecular formula is C19H21BrClN3O3. The van der Waals surface area contributed by atoms with E-state index in [9.17, 15) is 9.59 Å². The van der Waals surface area contributed by atoms with Crippen molar-refractivity contribution in [3.63, 3.8) is 0 Å². The number of nitrogens with zero attached hydrogens (tertiary/aromatic N) is 2. The van der Waals surface area contributed by atoms with Gasteiger partial charge in [-0.25, -0.2) is 14.8 Å². The van der Waals surface area contributed by atoms with Gasteiger partial charge in [-0.1, -0.05) is 39.7 Å². The number of carbonyl (C=O) groups excluding carboxylic acids is 2. The van der Waals surface area contributed by atoms with Gasteiger partial charge in [-0.3, -0.25) is 4.79 Å². The number of ether oxygens (including phenoxy) is 1. The van der Waals surface area contributed by atoms with Crippen molar-refractivity contribution in [1.29, 1.82) is 0 Å². The van der Waals surface area contributed by atoms with E-state index >= 15 is 0 Å². The zero-order valence-corrected chi connectivity index (χ0v) is 17.6. The first-order valence-electron chi connectivity index (χ1n) is 8.24. The summed E-state index contributed by atoms with van der Waals surface area (Å²) in [6.07, 6.45) is -0.0389. The van der Waals surface area contributed by atoms with Crippen LogP contribution in [0.4, 0.5) is 4.79 Å². The SMILES string of the molecule is CC(C)Oc1ccc(C(=O)N(C)N(Cc2ccc(Br)cc2)C(N)=O)cc1Cl. The highest BCUT2D eigenvalue weighted by atomic mass is 79.9. The molecule has 0 aromatic heterocycles. The normalized spacial score (nSPS) is 10.6. The summed E-state index contributed by atoms with van der Waals surface area (Å²) in [7, 11) is 1.48. The second-order valence-corrected chi connectivity index (χ2v) is 7.49. The van der Waals surface area contributed by atoms with Gasteiger partial charge < -0.3 is 10.5 Å². The van der Waals surface area contributed by atoms with E-state index in [0.717, 1.165) is 15.0 Å². The Morgan fingerprint density at radius 1 is 1.19 bits per heavy atom. The van der Waals surface area contributed by atoms with Gasteiger partial charge in [0.2, 0.25) is 0 Å². The Bertz CT molecular complexity index is 827. The first kappa shape index (κ1) is 21.1. The molecule has 0 saturated carbocycles. The number of primary amides is 1. The van der Waals surface area contributed by atoms with Crippen LogP contribution in [0.15, 0.2) is 46.9 Å². The Morgan fingerprint density at radius 3 is 2.33 bits per heavy atom. The van der Waals surface area contributed by atoms with Crippen LogP contribution in [0.2, 0.25) is 5.02 Å². The summed E-state index contributed by atoms with van der Waals surface area (Å²) in [5.74, 6) is 0.0800. The van der Waals surface area contributed by atoms with Crippen LogP contribution in [0.25, 0.3) is 0 Å². The Kier molecular flexibility index (Phi) is 7.10. The van der Waals surface area contributed by atoms with Gasteiger partial charge >= 0.3 is 6.03 Å². The lowest BCUT2D eigenvalue weighted by atomic mass is 10.2. The monoisotopic (exact) mass is 453 g/mol. The third-order valence-electron chi connectivity index (χ3n) is 3.70. The molecule has 144 valence electrons. The van der Waals surface area contributed by atoms with E-state index < -0.39 is 11.9 Å². The molecule has 0 unspecified atom stereocenters. The van der Waals surface area contributed by atoms with Crippen molar-refractivity contribution in [1.82, 2.24) is 10.0 Å². The molecular weight excluding hydrogens is 434 g/mol. The minimum Gasteiger partial charge on any atom is -0.489 e. The molecule has 0 radical (unpaired) electrons. The highest BCUT2D eigenvalue weighted by molar-refractivity contribution is 9.10. The summed E-state index contributed by atoms with van der Waals surface area (Å²) < 4.78 is 6.49. The van der Waals surface area contributed by atoms with Gasteiger partial charge in [0, 0.05) is 17.1 Å². The van der Waals surface area contributed by atoms with Crippen LogP contribution in [0.1, 0.15) is 29.8 Å². The van der Waals surface area contributed by atoms with Crippen LogP contribution in [-0.2, 0) is 6.54 Å². The lowest BCUT2D eigenvalue weighted by Gasteiger charge is -2.30. The molecule has 0 spiro atoms. The molecule has 3 amide bonds. The number of nitrogens with two attached hydrogens (primary N) is 1. The average Bonchev–Trinajstić information content (AvgIpc) is 2.61. The topological polar surface area (TPSA) is 75.9 Å². The molecule has 8 heteroatoms. The first-order chi connectivity index (χ1) is 12.7. The molecule has 0 aliphatic carbocycles. The Balaban J connectivity index is 2.20. The maximum absolute atomic E-state index is 12.8. The summed E-state index contributed by atoms with van der Waals surface area (Å²) in [6, 6.07) is 11.4. The summed E-state index contributed by atoms with van der Waals surface area (Å²) in [4.78, 5) is 24.7. The van der Waals surface area contributed by atoms with E-state index in [1.807, 2.05) is 38.1 Å². The van der Waals surface area contributed by atoms with Crippen LogP contribution in [-0.4, -0.2) is 35.1 Å². The van der Waals surface area contributed by atoms with Crippen molar-refractivity contribution < 1.29 is 14.3 Å². The number of rotatable bonds is 5. The smallest absolute Gasteiger partial charge is 0.334 e. The van der Waals surface area contributed by atoms with Crippen molar-refractivity contribution in [3.05, 3.63) is 63.1 Å². The molecule has 2 N–H and O–H groups in total. The molecule has 0 aliphatic heterocycles. The zero-order valence-electron chi connectivity index (χ0n) is 15.3. The van der Waals surface area contributed by atoms with Crippen molar-refractivity contribution in [2.24, 2.45) is 5.73 Å². The summed E-state index contributed by atoms with van der Waals surface area (Å²) >= 11 is 9.56. The van der Waals surface area contributed by atoms with E-state index in [4.69, 9.17) is 22.1 Å². The Morgan fingerprint density at radius 2 is 1.81 bits per heavy atom. The van der Waals surface area contributed by atoms with E-state index in [1.54, 1.807) is 12.1 Å². The summed E-state index contributed by atoms with van der Waals surface area (Å²) in [5.41, 5.74) is 6.63. The lowest BCUT2D eigenvalue weighted by Crippen LogP contribution is -2.49. The van der Waals surface area contributed by atoms with Crippen molar-refractivity contribution in [2.45, 2.75) is 26.5 Å². The Hall–Kier alpha value is -2.25. The standard InChI is InChI=1S/C19H21BrClN3O3/c1-12(2)27-17-9-6-14(10-16(17)21)18(25)23(3)24(19(22)26)11-13-4-7-15(20)8-5-13/h4-10,12H,11H2,1-3H3,(H2,22,26). The summed E-state index contributed by atoms with van der Waals surface area (Å²) in [6.45, 7) is 3.93. The fourth-order valence-electron chi connectivity index (χ4n) is 2.37. The molecule has 0 bridgehead atoms. The van der Waals surface area contributed by atoms with Gasteiger partial charge in [-0.15, -0.1) is 0 Å². The second kappa shape index (κ2) is 9.10. The predicted molar refractivity (Wildman–Crippen MR) is 109 cm³/mol. The molecule has 0 atom stereocenters. The molecule has 0 heterocycles. The molecule has 2 rings (SSSR count). The lowest BCUT2D eigenvalue weighted by molar-refractivity contribution is 0.0257. The Labute approximate surface area is 171 Å². The third-order valence-corrected chi connectivity index (χ3v) is 4.52. The predicted octanol–water partition coefficient (Wildman–Crippen LogP) is 4.46. The molecule has 0 aliphatic rings. The van der Waals surface area contributed by atoms with E-state index in [2.05, 4.69) is 15.9 Å².